The molecule has 1 amide bonds. The summed E-state index contributed by atoms with van der Waals surface area (Å²) in [5.41, 5.74) is 2.45. The first-order valence-electron chi connectivity index (χ1n) is 9.04. The number of ether oxygens (including phenoxy) is 1. The molecule has 0 atom stereocenters. The average molecular weight is 368 g/mol. The Labute approximate surface area is 161 Å². The van der Waals surface area contributed by atoms with Crippen LogP contribution in [-0.4, -0.2) is 52.3 Å². The standard InChI is InChI=1S/C21H28N4O2/c1-22-21(25-16-20(26)23-13-14-27-2)24-15-19(17-9-5-3-6-10-17)18-11-7-4-8-12-18/h3-12,19H,13-16H2,1-2H3,(H,23,26)(H2,22,24,25). The van der Waals surface area contributed by atoms with Gasteiger partial charge in [0, 0.05) is 33.2 Å². The number of guanidine groups is 1. The van der Waals surface area contributed by atoms with E-state index in [0.29, 0.717) is 25.7 Å². The zero-order valence-corrected chi connectivity index (χ0v) is 15.9. The van der Waals surface area contributed by atoms with Gasteiger partial charge in [-0.2, -0.15) is 0 Å². The van der Waals surface area contributed by atoms with Crippen LogP contribution in [0.1, 0.15) is 17.0 Å². The van der Waals surface area contributed by atoms with Gasteiger partial charge < -0.3 is 20.7 Å². The molecule has 0 unspecified atom stereocenters. The number of methoxy groups -OCH3 is 1. The van der Waals surface area contributed by atoms with Gasteiger partial charge in [0.05, 0.1) is 13.2 Å². The van der Waals surface area contributed by atoms with Gasteiger partial charge in [-0.05, 0) is 11.1 Å². The van der Waals surface area contributed by atoms with Gasteiger partial charge >= 0.3 is 0 Å². The summed E-state index contributed by atoms with van der Waals surface area (Å²) in [6, 6.07) is 20.7. The Hall–Kier alpha value is -2.86. The Morgan fingerprint density at radius 3 is 2.07 bits per heavy atom. The van der Waals surface area contributed by atoms with Crippen molar-refractivity contribution in [3.05, 3.63) is 71.8 Å². The molecule has 0 aliphatic carbocycles. The molecular formula is C21H28N4O2. The first-order valence-corrected chi connectivity index (χ1v) is 9.04. The summed E-state index contributed by atoms with van der Waals surface area (Å²) in [5.74, 6) is 0.674. The normalized spacial score (nSPS) is 11.3. The molecule has 0 aliphatic rings. The third-order valence-corrected chi connectivity index (χ3v) is 4.15. The van der Waals surface area contributed by atoms with E-state index in [1.807, 2.05) is 36.4 Å². The highest BCUT2D eigenvalue weighted by Crippen LogP contribution is 2.23. The van der Waals surface area contributed by atoms with Crippen LogP contribution >= 0.6 is 0 Å². The third kappa shape index (κ3) is 7.11. The molecule has 0 aliphatic heterocycles. The fourth-order valence-electron chi connectivity index (χ4n) is 2.74. The van der Waals surface area contributed by atoms with Crippen molar-refractivity contribution in [3.63, 3.8) is 0 Å². The summed E-state index contributed by atoms with van der Waals surface area (Å²) in [4.78, 5) is 16.0. The topological polar surface area (TPSA) is 74.8 Å². The Bertz CT molecular complexity index is 665. The molecule has 0 radical (unpaired) electrons. The van der Waals surface area contributed by atoms with Crippen molar-refractivity contribution in [2.45, 2.75) is 5.92 Å². The second kappa shape index (κ2) is 11.7. The Morgan fingerprint density at radius 2 is 1.56 bits per heavy atom. The van der Waals surface area contributed by atoms with Crippen molar-refractivity contribution in [1.29, 1.82) is 0 Å². The monoisotopic (exact) mass is 368 g/mol. The summed E-state index contributed by atoms with van der Waals surface area (Å²) in [5, 5.41) is 9.13. The van der Waals surface area contributed by atoms with Gasteiger partial charge in [-0.3, -0.25) is 9.79 Å². The predicted octanol–water partition coefficient (Wildman–Crippen LogP) is 1.75. The van der Waals surface area contributed by atoms with Crippen molar-refractivity contribution in [1.82, 2.24) is 16.0 Å². The summed E-state index contributed by atoms with van der Waals surface area (Å²) in [6.45, 7) is 1.81. The third-order valence-electron chi connectivity index (χ3n) is 4.15. The van der Waals surface area contributed by atoms with Crippen LogP contribution in [0.15, 0.2) is 65.7 Å². The molecule has 2 rings (SSSR count). The van der Waals surface area contributed by atoms with Crippen molar-refractivity contribution < 1.29 is 9.53 Å². The van der Waals surface area contributed by atoms with Gasteiger partial charge in [0.1, 0.15) is 0 Å². The highest BCUT2D eigenvalue weighted by atomic mass is 16.5. The quantitative estimate of drug-likeness (QED) is 0.358. The molecule has 2 aromatic rings. The molecule has 0 fully saturated rings. The minimum Gasteiger partial charge on any atom is -0.383 e. The fourth-order valence-corrected chi connectivity index (χ4v) is 2.74. The lowest BCUT2D eigenvalue weighted by atomic mass is 9.91. The molecule has 0 saturated carbocycles. The van der Waals surface area contributed by atoms with E-state index >= 15 is 0 Å². The summed E-state index contributed by atoms with van der Waals surface area (Å²) < 4.78 is 4.92. The van der Waals surface area contributed by atoms with Crippen LogP contribution in [0, 0.1) is 0 Å². The molecule has 2 aromatic carbocycles. The Morgan fingerprint density at radius 1 is 0.963 bits per heavy atom. The predicted molar refractivity (Wildman–Crippen MR) is 109 cm³/mol. The molecule has 0 saturated heterocycles. The van der Waals surface area contributed by atoms with E-state index in [0.717, 1.165) is 0 Å². The van der Waals surface area contributed by atoms with Crippen LogP contribution in [0.4, 0.5) is 0 Å². The van der Waals surface area contributed by atoms with Gasteiger partial charge in [-0.15, -0.1) is 0 Å². The van der Waals surface area contributed by atoms with Crippen LogP contribution in [0.3, 0.4) is 0 Å². The minimum absolute atomic E-state index is 0.0994. The van der Waals surface area contributed by atoms with Crippen LogP contribution < -0.4 is 16.0 Å². The number of hydrogen-bond donors (Lipinski definition) is 3. The van der Waals surface area contributed by atoms with Crippen LogP contribution in [-0.2, 0) is 9.53 Å². The Balaban J connectivity index is 1.94. The maximum absolute atomic E-state index is 11.8. The number of carbonyl (C=O) groups excluding carboxylic acids is 1. The lowest BCUT2D eigenvalue weighted by Gasteiger charge is -2.20. The van der Waals surface area contributed by atoms with Gasteiger partial charge in [0.15, 0.2) is 5.96 Å². The van der Waals surface area contributed by atoms with Crippen molar-refractivity contribution in [2.24, 2.45) is 4.99 Å². The van der Waals surface area contributed by atoms with Crippen LogP contribution in [0.2, 0.25) is 0 Å². The lowest BCUT2D eigenvalue weighted by Crippen LogP contribution is -2.44. The number of benzene rings is 2. The average Bonchev–Trinajstić information content (AvgIpc) is 2.72. The van der Waals surface area contributed by atoms with Gasteiger partial charge in [-0.1, -0.05) is 60.7 Å². The minimum atomic E-state index is -0.0994. The number of nitrogens with one attached hydrogen (secondary N) is 3. The molecule has 0 spiro atoms. The Kier molecular flexibility index (Phi) is 8.86. The first kappa shape index (κ1) is 20.5. The van der Waals surface area contributed by atoms with Crippen LogP contribution in [0.5, 0.6) is 0 Å². The maximum atomic E-state index is 11.8. The summed E-state index contributed by atoms with van der Waals surface area (Å²) in [7, 11) is 3.30. The zero-order valence-electron chi connectivity index (χ0n) is 15.9. The highest BCUT2D eigenvalue weighted by molar-refractivity contribution is 5.86. The van der Waals surface area contributed by atoms with E-state index in [9.17, 15) is 4.79 Å². The second-order valence-corrected chi connectivity index (χ2v) is 6.02. The van der Waals surface area contributed by atoms with E-state index in [2.05, 4.69) is 45.2 Å². The molecule has 6 heteroatoms. The van der Waals surface area contributed by atoms with E-state index in [-0.39, 0.29) is 18.4 Å². The summed E-state index contributed by atoms with van der Waals surface area (Å²) >= 11 is 0. The number of amides is 1. The molecule has 0 heterocycles. The van der Waals surface area contributed by atoms with E-state index in [1.54, 1.807) is 14.2 Å². The lowest BCUT2D eigenvalue weighted by molar-refractivity contribution is -0.120. The second-order valence-electron chi connectivity index (χ2n) is 6.02. The molecule has 27 heavy (non-hydrogen) atoms. The molecular weight excluding hydrogens is 340 g/mol. The molecule has 0 aromatic heterocycles. The maximum Gasteiger partial charge on any atom is 0.239 e. The fraction of sp³-hybridized carbons (Fsp3) is 0.333. The number of carbonyl (C=O) groups is 1. The zero-order chi connectivity index (χ0) is 19.3. The van der Waals surface area contributed by atoms with E-state index < -0.39 is 0 Å². The number of rotatable bonds is 9. The number of hydrogen-bond acceptors (Lipinski definition) is 3. The van der Waals surface area contributed by atoms with Crippen molar-refractivity contribution in [3.8, 4) is 0 Å². The molecule has 144 valence electrons. The van der Waals surface area contributed by atoms with Crippen molar-refractivity contribution in [2.75, 3.05) is 40.4 Å². The van der Waals surface area contributed by atoms with Gasteiger partial charge in [-0.25, -0.2) is 0 Å². The highest BCUT2D eigenvalue weighted by Gasteiger charge is 2.14. The number of nitrogens with zero attached hydrogens (tertiary/aromatic N) is 1. The first-order chi connectivity index (χ1) is 13.2. The SMILES string of the molecule is CN=C(NCC(=O)NCCOC)NCC(c1ccccc1)c1ccccc1. The smallest absolute Gasteiger partial charge is 0.239 e. The van der Waals surface area contributed by atoms with Gasteiger partial charge in [0.25, 0.3) is 0 Å². The summed E-state index contributed by atoms with van der Waals surface area (Å²) in [6.07, 6.45) is 0. The molecule has 3 N–H and O–H groups in total. The van der Waals surface area contributed by atoms with Crippen molar-refractivity contribution >= 4 is 11.9 Å². The molecule has 0 bridgehead atoms. The number of aliphatic imine (C=N–C) groups is 1. The van der Waals surface area contributed by atoms with E-state index in [4.69, 9.17) is 4.74 Å². The largest absolute Gasteiger partial charge is 0.383 e. The van der Waals surface area contributed by atoms with Crippen LogP contribution in [0.25, 0.3) is 0 Å². The van der Waals surface area contributed by atoms with Gasteiger partial charge in [0.2, 0.25) is 5.91 Å². The molecule has 6 nitrogen and oxygen atoms in total. The van der Waals surface area contributed by atoms with E-state index in [1.165, 1.54) is 11.1 Å².